The van der Waals surface area contributed by atoms with Gasteiger partial charge in [-0.2, -0.15) is 13.2 Å². The maximum Gasteiger partial charge on any atom is 0.419 e. The van der Waals surface area contributed by atoms with Crippen LogP contribution in [0.3, 0.4) is 0 Å². The Kier molecular flexibility index (Phi) is 3.92. The number of nitrogens with zero attached hydrogens (tertiary/aromatic N) is 1. The van der Waals surface area contributed by atoms with E-state index in [4.69, 9.17) is 0 Å². The average molecular weight is 302 g/mol. The van der Waals surface area contributed by atoms with Crippen LogP contribution in [0.2, 0.25) is 0 Å². The predicted octanol–water partition coefficient (Wildman–Crippen LogP) is 3.20. The summed E-state index contributed by atoms with van der Waals surface area (Å²) in [5.41, 5.74) is -0.949. The monoisotopic (exact) mass is 302 g/mol. The molecule has 0 amide bonds. The third kappa shape index (κ3) is 3.06. The summed E-state index contributed by atoms with van der Waals surface area (Å²) in [4.78, 5) is 2.12. The summed E-state index contributed by atoms with van der Waals surface area (Å²) >= 11 is 0. The van der Waals surface area contributed by atoms with Gasteiger partial charge in [-0.15, -0.1) is 0 Å². The average Bonchev–Trinajstić information content (AvgIpc) is 3.26. The minimum atomic E-state index is -4.64. The largest absolute Gasteiger partial charge is 0.419 e. The molecule has 1 heterocycles. The van der Waals surface area contributed by atoms with E-state index in [1.165, 1.54) is 12.1 Å². The molecule has 0 radical (unpaired) electrons. The number of rotatable bonds is 3. The number of benzene rings is 1. The minimum Gasteiger partial charge on any atom is -0.314 e. The molecule has 21 heavy (non-hydrogen) atoms. The Morgan fingerprint density at radius 3 is 2.38 bits per heavy atom. The van der Waals surface area contributed by atoms with Crippen LogP contribution >= 0.6 is 0 Å². The van der Waals surface area contributed by atoms with Crippen LogP contribution in [0.5, 0.6) is 0 Å². The second-order valence-electron chi connectivity index (χ2n) is 5.77. The normalized spacial score (nSPS) is 22.3. The zero-order valence-corrected chi connectivity index (χ0v) is 11.6. The van der Waals surface area contributed by atoms with E-state index in [0.29, 0.717) is 0 Å². The molecular formula is C15H18F4N2. The Hall–Kier alpha value is -1.14. The van der Waals surface area contributed by atoms with Crippen molar-refractivity contribution in [2.75, 3.05) is 26.2 Å². The molecule has 0 unspecified atom stereocenters. The Morgan fingerprint density at radius 2 is 1.81 bits per heavy atom. The molecule has 1 aromatic carbocycles. The van der Waals surface area contributed by atoms with Gasteiger partial charge in [-0.3, -0.25) is 4.90 Å². The Morgan fingerprint density at radius 1 is 1.14 bits per heavy atom. The molecule has 116 valence electrons. The lowest BCUT2D eigenvalue weighted by molar-refractivity contribution is -0.140. The van der Waals surface area contributed by atoms with Crippen LogP contribution in [0, 0.1) is 11.7 Å². The smallest absolute Gasteiger partial charge is 0.314 e. The molecule has 1 saturated carbocycles. The van der Waals surface area contributed by atoms with Crippen LogP contribution in [0.1, 0.15) is 30.0 Å². The summed E-state index contributed by atoms with van der Waals surface area (Å²) in [5, 5.41) is 3.22. The molecule has 1 atom stereocenters. The second kappa shape index (κ2) is 5.57. The van der Waals surface area contributed by atoms with E-state index >= 15 is 0 Å². The molecule has 1 aromatic rings. The quantitative estimate of drug-likeness (QED) is 0.863. The fraction of sp³-hybridized carbons (Fsp3) is 0.600. The van der Waals surface area contributed by atoms with Gasteiger partial charge in [0.05, 0.1) is 5.56 Å². The van der Waals surface area contributed by atoms with Crippen molar-refractivity contribution >= 4 is 0 Å². The summed E-state index contributed by atoms with van der Waals surface area (Å²) in [6.45, 7) is 3.08. The summed E-state index contributed by atoms with van der Waals surface area (Å²) in [5.74, 6) is -0.818. The van der Waals surface area contributed by atoms with Gasteiger partial charge in [0.15, 0.2) is 0 Å². The van der Waals surface area contributed by atoms with E-state index in [9.17, 15) is 17.6 Å². The number of nitrogens with one attached hydrogen (secondary N) is 1. The highest BCUT2D eigenvalue weighted by Gasteiger charge is 2.41. The van der Waals surface area contributed by atoms with Crippen LogP contribution < -0.4 is 5.32 Å². The first-order valence-corrected chi connectivity index (χ1v) is 7.29. The Bertz CT molecular complexity index is 505. The number of piperazine rings is 1. The third-order valence-corrected chi connectivity index (χ3v) is 4.27. The zero-order valence-electron chi connectivity index (χ0n) is 11.6. The molecule has 2 nitrogen and oxygen atoms in total. The predicted molar refractivity (Wildman–Crippen MR) is 71.3 cm³/mol. The highest BCUT2D eigenvalue weighted by Crippen LogP contribution is 2.46. The number of halogens is 4. The van der Waals surface area contributed by atoms with E-state index in [1.54, 1.807) is 0 Å². The molecular weight excluding hydrogens is 284 g/mol. The maximum atomic E-state index is 14.4. The molecule has 2 aliphatic rings. The van der Waals surface area contributed by atoms with Crippen LogP contribution in [0.4, 0.5) is 17.6 Å². The highest BCUT2D eigenvalue weighted by molar-refractivity contribution is 5.31. The fourth-order valence-corrected chi connectivity index (χ4v) is 3.12. The molecule has 0 bridgehead atoms. The molecule has 1 aliphatic carbocycles. The Labute approximate surface area is 121 Å². The van der Waals surface area contributed by atoms with Crippen LogP contribution in [0.15, 0.2) is 18.2 Å². The van der Waals surface area contributed by atoms with Gasteiger partial charge in [-0.05, 0) is 24.8 Å². The highest BCUT2D eigenvalue weighted by atomic mass is 19.4. The Balaban J connectivity index is 1.96. The van der Waals surface area contributed by atoms with Crippen molar-refractivity contribution in [3.63, 3.8) is 0 Å². The molecule has 3 rings (SSSR count). The van der Waals surface area contributed by atoms with Gasteiger partial charge in [0.25, 0.3) is 0 Å². The number of hydrogen-bond acceptors (Lipinski definition) is 2. The minimum absolute atomic E-state index is 0.203. The SMILES string of the molecule is Fc1c([C@H](C2CC2)N2CCNCC2)cccc1C(F)(F)F. The summed E-state index contributed by atoms with van der Waals surface area (Å²) < 4.78 is 53.1. The van der Waals surface area contributed by atoms with Gasteiger partial charge >= 0.3 is 6.18 Å². The van der Waals surface area contributed by atoms with Gasteiger partial charge in [-0.25, -0.2) is 4.39 Å². The van der Waals surface area contributed by atoms with Crippen molar-refractivity contribution in [1.82, 2.24) is 10.2 Å². The topological polar surface area (TPSA) is 15.3 Å². The van der Waals surface area contributed by atoms with E-state index in [1.807, 2.05) is 0 Å². The summed E-state index contributed by atoms with van der Waals surface area (Å²) in [6.07, 6.45) is -2.72. The summed E-state index contributed by atoms with van der Waals surface area (Å²) in [6, 6.07) is 3.42. The van der Waals surface area contributed by atoms with Crippen molar-refractivity contribution in [3.05, 3.63) is 35.1 Å². The van der Waals surface area contributed by atoms with Crippen molar-refractivity contribution < 1.29 is 17.6 Å². The first kappa shape index (κ1) is 14.8. The lowest BCUT2D eigenvalue weighted by atomic mass is 9.96. The van der Waals surface area contributed by atoms with Crippen molar-refractivity contribution in [1.29, 1.82) is 0 Å². The zero-order chi connectivity index (χ0) is 15.0. The van der Waals surface area contributed by atoms with Crippen LogP contribution in [0.25, 0.3) is 0 Å². The molecule has 1 aliphatic heterocycles. The standard InChI is InChI=1S/C15H18F4N2/c16-13-11(2-1-3-12(13)15(17,18)19)14(10-4-5-10)21-8-6-20-7-9-21/h1-3,10,14,20H,4-9H2/t14-/m0/s1. The van der Waals surface area contributed by atoms with Gasteiger partial charge in [0.1, 0.15) is 5.82 Å². The van der Waals surface area contributed by atoms with E-state index in [2.05, 4.69) is 10.2 Å². The van der Waals surface area contributed by atoms with Crippen molar-refractivity contribution in [3.8, 4) is 0 Å². The van der Waals surface area contributed by atoms with Gasteiger partial charge in [-0.1, -0.05) is 12.1 Å². The molecule has 6 heteroatoms. The molecule has 1 saturated heterocycles. The van der Waals surface area contributed by atoms with Crippen LogP contribution in [-0.2, 0) is 6.18 Å². The van der Waals surface area contributed by atoms with Crippen molar-refractivity contribution in [2.24, 2.45) is 5.92 Å². The second-order valence-corrected chi connectivity index (χ2v) is 5.77. The van der Waals surface area contributed by atoms with Gasteiger partial charge in [0.2, 0.25) is 0 Å². The third-order valence-electron chi connectivity index (χ3n) is 4.27. The molecule has 1 N–H and O–H groups in total. The first-order chi connectivity index (χ1) is 9.98. The molecule has 2 fully saturated rings. The van der Waals surface area contributed by atoms with E-state index in [-0.39, 0.29) is 17.5 Å². The summed E-state index contributed by atoms with van der Waals surface area (Å²) in [7, 11) is 0. The van der Waals surface area contributed by atoms with Crippen LogP contribution in [-0.4, -0.2) is 31.1 Å². The van der Waals surface area contributed by atoms with E-state index < -0.39 is 17.6 Å². The van der Waals surface area contributed by atoms with Gasteiger partial charge < -0.3 is 5.32 Å². The van der Waals surface area contributed by atoms with Gasteiger partial charge in [0, 0.05) is 37.8 Å². The molecule has 0 aromatic heterocycles. The maximum absolute atomic E-state index is 14.4. The molecule has 0 spiro atoms. The van der Waals surface area contributed by atoms with Crippen molar-refractivity contribution in [2.45, 2.75) is 25.1 Å². The fourth-order valence-electron chi connectivity index (χ4n) is 3.12. The number of hydrogen-bond donors (Lipinski definition) is 1. The lowest BCUT2D eigenvalue weighted by Crippen LogP contribution is -2.46. The first-order valence-electron chi connectivity index (χ1n) is 7.29. The van der Waals surface area contributed by atoms with E-state index in [0.717, 1.165) is 45.1 Å². The lowest BCUT2D eigenvalue weighted by Gasteiger charge is -2.36. The number of alkyl halides is 3.